The molecule has 1 fully saturated rings. The van der Waals surface area contributed by atoms with Gasteiger partial charge in [-0.1, -0.05) is 18.2 Å². The Morgan fingerprint density at radius 2 is 1.84 bits per heavy atom. The van der Waals surface area contributed by atoms with Gasteiger partial charge < -0.3 is 0 Å². The Hall–Kier alpha value is -2.53. The highest BCUT2D eigenvalue weighted by molar-refractivity contribution is 5.26. The van der Waals surface area contributed by atoms with Gasteiger partial charge in [0.05, 0.1) is 0 Å². The van der Waals surface area contributed by atoms with Crippen molar-refractivity contribution in [3.05, 3.63) is 78.3 Å². The number of rotatable bonds is 4. The van der Waals surface area contributed by atoms with Crippen molar-refractivity contribution in [2.45, 2.75) is 25.3 Å². The molecular formula is C20H21FN4. The molecule has 2 aromatic heterocycles. The van der Waals surface area contributed by atoms with Crippen molar-refractivity contribution in [3.8, 4) is 5.82 Å². The molecule has 4 rings (SSSR count). The van der Waals surface area contributed by atoms with Crippen LogP contribution >= 0.6 is 0 Å². The fourth-order valence-electron chi connectivity index (χ4n) is 3.44. The van der Waals surface area contributed by atoms with E-state index in [4.69, 9.17) is 4.98 Å². The van der Waals surface area contributed by atoms with Crippen LogP contribution in [-0.2, 0) is 6.54 Å². The molecule has 1 aliphatic heterocycles. The summed E-state index contributed by atoms with van der Waals surface area (Å²) in [5.41, 5.74) is 2.33. The Balaban J connectivity index is 1.38. The SMILES string of the molecule is Fc1ccc(CN2CCC(c3cccc(-n4ccnc4)n3)CC2)cc1. The molecule has 0 spiro atoms. The average Bonchev–Trinajstić information content (AvgIpc) is 3.19. The van der Waals surface area contributed by atoms with Crippen molar-refractivity contribution in [2.75, 3.05) is 13.1 Å². The summed E-state index contributed by atoms with van der Waals surface area (Å²) in [6.07, 6.45) is 7.65. The molecule has 128 valence electrons. The van der Waals surface area contributed by atoms with Crippen molar-refractivity contribution in [3.63, 3.8) is 0 Å². The van der Waals surface area contributed by atoms with Gasteiger partial charge in [0.25, 0.3) is 0 Å². The molecular weight excluding hydrogens is 315 g/mol. The minimum absolute atomic E-state index is 0.175. The largest absolute Gasteiger partial charge is 0.299 e. The molecule has 1 aliphatic rings. The van der Waals surface area contributed by atoms with Crippen LogP contribution in [0.3, 0.4) is 0 Å². The minimum atomic E-state index is -0.175. The number of hydrogen-bond donors (Lipinski definition) is 0. The maximum absolute atomic E-state index is 13.0. The van der Waals surface area contributed by atoms with Gasteiger partial charge in [0, 0.05) is 30.6 Å². The lowest BCUT2D eigenvalue weighted by atomic mass is 9.93. The zero-order valence-corrected chi connectivity index (χ0v) is 14.1. The van der Waals surface area contributed by atoms with Gasteiger partial charge >= 0.3 is 0 Å². The molecule has 5 heteroatoms. The van der Waals surface area contributed by atoms with E-state index >= 15 is 0 Å². The molecule has 0 unspecified atom stereocenters. The van der Waals surface area contributed by atoms with Gasteiger partial charge in [0.1, 0.15) is 18.0 Å². The number of benzene rings is 1. The molecule has 3 aromatic rings. The second-order valence-corrected chi connectivity index (χ2v) is 6.57. The van der Waals surface area contributed by atoms with Crippen LogP contribution in [0, 0.1) is 5.82 Å². The van der Waals surface area contributed by atoms with Crippen LogP contribution in [0.2, 0.25) is 0 Å². The van der Waals surface area contributed by atoms with E-state index in [0.29, 0.717) is 5.92 Å². The number of nitrogens with zero attached hydrogens (tertiary/aromatic N) is 4. The topological polar surface area (TPSA) is 34.0 Å². The van der Waals surface area contributed by atoms with E-state index in [1.54, 1.807) is 12.5 Å². The Kier molecular flexibility index (Phi) is 4.57. The lowest BCUT2D eigenvalue weighted by Gasteiger charge is -2.31. The lowest BCUT2D eigenvalue weighted by molar-refractivity contribution is 0.203. The molecule has 4 nitrogen and oxygen atoms in total. The molecule has 0 amide bonds. The average molecular weight is 336 g/mol. The van der Waals surface area contributed by atoms with Crippen LogP contribution in [0.1, 0.15) is 30.0 Å². The second kappa shape index (κ2) is 7.15. The third-order valence-electron chi connectivity index (χ3n) is 4.85. The molecule has 0 saturated carbocycles. The van der Waals surface area contributed by atoms with Gasteiger partial charge in [0.2, 0.25) is 0 Å². The third-order valence-corrected chi connectivity index (χ3v) is 4.85. The van der Waals surface area contributed by atoms with Crippen molar-refractivity contribution >= 4 is 0 Å². The summed E-state index contributed by atoms with van der Waals surface area (Å²) in [4.78, 5) is 11.3. The van der Waals surface area contributed by atoms with Crippen LogP contribution < -0.4 is 0 Å². The van der Waals surface area contributed by atoms with Crippen LogP contribution in [0.25, 0.3) is 5.82 Å². The van der Waals surface area contributed by atoms with Crippen molar-refractivity contribution in [2.24, 2.45) is 0 Å². The van der Waals surface area contributed by atoms with Crippen LogP contribution in [0.5, 0.6) is 0 Å². The van der Waals surface area contributed by atoms with Gasteiger partial charge in [-0.3, -0.25) is 9.47 Å². The highest BCUT2D eigenvalue weighted by atomic mass is 19.1. The molecule has 0 radical (unpaired) electrons. The van der Waals surface area contributed by atoms with Crippen molar-refractivity contribution in [1.29, 1.82) is 0 Å². The quantitative estimate of drug-likeness (QED) is 0.727. The molecule has 3 heterocycles. The van der Waals surface area contributed by atoms with E-state index in [0.717, 1.165) is 44.0 Å². The molecule has 0 aliphatic carbocycles. The monoisotopic (exact) mass is 336 g/mol. The maximum atomic E-state index is 13.0. The number of aromatic nitrogens is 3. The maximum Gasteiger partial charge on any atom is 0.138 e. The van der Waals surface area contributed by atoms with Gasteiger partial charge in [-0.2, -0.15) is 0 Å². The number of halogens is 1. The second-order valence-electron chi connectivity index (χ2n) is 6.57. The van der Waals surface area contributed by atoms with E-state index in [2.05, 4.69) is 22.0 Å². The number of likely N-dealkylation sites (tertiary alicyclic amines) is 1. The van der Waals surface area contributed by atoms with Crippen molar-refractivity contribution < 1.29 is 4.39 Å². The van der Waals surface area contributed by atoms with E-state index in [1.165, 1.54) is 17.7 Å². The fraction of sp³-hybridized carbons (Fsp3) is 0.300. The molecule has 1 aromatic carbocycles. The van der Waals surface area contributed by atoms with E-state index in [9.17, 15) is 4.39 Å². The summed E-state index contributed by atoms with van der Waals surface area (Å²) in [6.45, 7) is 2.97. The zero-order valence-electron chi connectivity index (χ0n) is 14.1. The number of piperidine rings is 1. The first-order chi connectivity index (χ1) is 12.3. The van der Waals surface area contributed by atoms with Crippen molar-refractivity contribution in [1.82, 2.24) is 19.4 Å². The van der Waals surface area contributed by atoms with Gasteiger partial charge in [-0.15, -0.1) is 0 Å². The fourth-order valence-corrected chi connectivity index (χ4v) is 3.44. The summed E-state index contributed by atoms with van der Waals surface area (Å²) in [5, 5.41) is 0. The molecule has 1 saturated heterocycles. The van der Waals surface area contributed by atoms with E-state index in [1.807, 2.05) is 29.0 Å². The van der Waals surface area contributed by atoms with Crippen LogP contribution in [-0.4, -0.2) is 32.5 Å². The zero-order chi connectivity index (χ0) is 17.1. The van der Waals surface area contributed by atoms with Crippen LogP contribution in [0.15, 0.2) is 61.2 Å². The summed E-state index contributed by atoms with van der Waals surface area (Å²) < 4.78 is 15.0. The minimum Gasteiger partial charge on any atom is -0.299 e. The Morgan fingerprint density at radius 1 is 1.04 bits per heavy atom. The predicted octanol–water partition coefficient (Wildman–Crippen LogP) is 3.79. The Bertz CT molecular complexity index is 806. The number of pyridine rings is 1. The van der Waals surface area contributed by atoms with E-state index < -0.39 is 0 Å². The molecule has 0 bridgehead atoms. The third kappa shape index (κ3) is 3.77. The molecule has 0 N–H and O–H groups in total. The highest BCUT2D eigenvalue weighted by Gasteiger charge is 2.22. The highest BCUT2D eigenvalue weighted by Crippen LogP contribution is 2.28. The standard InChI is InChI=1S/C20H21FN4/c21-18-6-4-16(5-7-18)14-24-11-8-17(9-12-24)19-2-1-3-20(23-19)25-13-10-22-15-25/h1-7,10,13,15,17H,8-9,11-12,14H2. The van der Waals surface area contributed by atoms with Gasteiger partial charge in [-0.25, -0.2) is 14.4 Å². The Labute approximate surface area is 147 Å². The normalized spacial score (nSPS) is 16.2. The number of imidazole rings is 1. The molecule has 0 atom stereocenters. The summed E-state index contributed by atoms with van der Waals surface area (Å²) in [5.74, 6) is 1.24. The smallest absolute Gasteiger partial charge is 0.138 e. The first-order valence-corrected chi connectivity index (χ1v) is 8.70. The van der Waals surface area contributed by atoms with E-state index in [-0.39, 0.29) is 5.82 Å². The first-order valence-electron chi connectivity index (χ1n) is 8.70. The summed E-state index contributed by atoms with van der Waals surface area (Å²) in [7, 11) is 0. The summed E-state index contributed by atoms with van der Waals surface area (Å²) >= 11 is 0. The number of hydrogen-bond acceptors (Lipinski definition) is 3. The van der Waals surface area contributed by atoms with Gasteiger partial charge in [-0.05, 0) is 55.8 Å². The Morgan fingerprint density at radius 3 is 2.56 bits per heavy atom. The first kappa shape index (κ1) is 16.0. The summed E-state index contributed by atoms with van der Waals surface area (Å²) in [6, 6.07) is 13.0. The lowest BCUT2D eigenvalue weighted by Crippen LogP contribution is -2.32. The van der Waals surface area contributed by atoms with Gasteiger partial charge in [0.15, 0.2) is 0 Å². The van der Waals surface area contributed by atoms with Crippen LogP contribution in [0.4, 0.5) is 4.39 Å². The molecule has 25 heavy (non-hydrogen) atoms. The predicted molar refractivity (Wildman–Crippen MR) is 95.0 cm³/mol.